The number of hydrogen-bond donors (Lipinski definition) is 1. The van der Waals surface area contributed by atoms with Crippen molar-refractivity contribution in [2.24, 2.45) is 5.92 Å². The maximum Gasteiger partial charge on any atom is 0.279 e. The second-order valence-corrected chi connectivity index (χ2v) is 6.01. The van der Waals surface area contributed by atoms with Crippen LogP contribution >= 0.6 is 15.9 Å². The summed E-state index contributed by atoms with van der Waals surface area (Å²) in [5, 5.41) is 6.66. The number of carbonyl (C=O) groups is 1. The van der Waals surface area contributed by atoms with Crippen LogP contribution in [0.25, 0.3) is 0 Å². The van der Waals surface area contributed by atoms with Crippen LogP contribution in [0, 0.1) is 5.92 Å². The Bertz CT molecular complexity index is 636. The molecule has 1 atom stereocenters. The minimum atomic E-state index is -0.265. The predicted molar refractivity (Wildman–Crippen MR) is 77.6 cm³/mol. The topological polar surface area (TPSA) is 68.0 Å². The van der Waals surface area contributed by atoms with Gasteiger partial charge in [-0.3, -0.25) is 4.79 Å². The zero-order valence-electron chi connectivity index (χ0n) is 11.0. The number of pyridine rings is 1. The summed E-state index contributed by atoms with van der Waals surface area (Å²) in [6, 6.07) is 3.56. The Morgan fingerprint density at radius 1 is 1.50 bits per heavy atom. The van der Waals surface area contributed by atoms with Crippen LogP contribution in [0.15, 0.2) is 27.3 Å². The molecule has 1 unspecified atom stereocenters. The van der Waals surface area contributed by atoms with Crippen LogP contribution in [-0.4, -0.2) is 16.0 Å². The number of halogens is 1. The Kier molecular flexibility index (Phi) is 3.56. The van der Waals surface area contributed by atoms with E-state index in [9.17, 15) is 4.79 Å². The minimum absolute atomic E-state index is 0.265. The second-order valence-electron chi connectivity index (χ2n) is 5.10. The van der Waals surface area contributed by atoms with Crippen molar-refractivity contribution in [3.63, 3.8) is 0 Å². The summed E-state index contributed by atoms with van der Waals surface area (Å²) in [4.78, 5) is 16.4. The van der Waals surface area contributed by atoms with Gasteiger partial charge in [0.2, 0.25) is 0 Å². The van der Waals surface area contributed by atoms with Crippen molar-refractivity contribution in [1.29, 1.82) is 0 Å². The molecule has 0 saturated heterocycles. The van der Waals surface area contributed by atoms with Crippen molar-refractivity contribution in [1.82, 2.24) is 10.1 Å². The lowest BCUT2D eigenvalue weighted by molar-refractivity contribution is 0.101. The van der Waals surface area contributed by atoms with Gasteiger partial charge >= 0.3 is 0 Å². The number of nitrogens with one attached hydrogen (secondary N) is 1. The normalized spacial score (nSPS) is 17.6. The van der Waals surface area contributed by atoms with Crippen LogP contribution in [-0.2, 0) is 12.8 Å². The highest BCUT2D eigenvalue weighted by molar-refractivity contribution is 9.10. The number of fused-ring (bicyclic) bond motifs is 1. The summed E-state index contributed by atoms with van der Waals surface area (Å²) >= 11 is 3.30. The summed E-state index contributed by atoms with van der Waals surface area (Å²) in [6.45, 7) is 2.17. The number of rotatable bonds is 2. The van der Waals surface area contributed by atoms with Crippen molar-refractivity contribution in [3.05, 3.63) is 39.8 Å². The molecular weight excluding hydrogens is 322 g/mol. The molecule has 0 radical (unpaired) electrons. The molecule has 0 fully saturated rings. The molecule has 2 heterocycles. The van der Waals surface area contributed by atoms with Crippen LogP contribution < -0.4 is 5.32 Å². The molecule has 0 bridgehead atoms. The van der Waals surface area contributed by atoms with E-state index in [1.807, 2.05) is 6.07 Å². The van der Waals surface area contributed by atoms with E-state index in [4.69, 9.17) is 4.52 Å². The number of amides is 1. The first-order valence-electron chi connectivity index (χ1n) is 6.54. The van der Waals surface area contributed by atoms with Crippen LogP contribution in [0.3, 0.4) is 0 Å². The van der Waals surface area contributed by atoms with E-state index in [2.05, 4.69) is 38.3 Å². The number of anilines is 1. The SMILES string of the molecule is CC1CCc2onc(C(=O)Nc3ccc(Br)cn3)c2C1. The Labute approximate surface area is 124 Å². The maximum absolute atomic E-state index is 12.3. The first-order chi connectivity index (χ1) is 9.63. The summed E-state index contributed by atoms with van der Waals surface area (Å²) in [5.74, 6) is 1.63. The van der Waals surface area contributed by atoms with Gasteiger partial charge in [-0.15, -0.1) is 0 Å². The van der Waals surface area contributed by atoms with Gasteiger partial charge in [-0.2, -0.15) is 0 Å². The fourth-order valence-electron chi connectivity index (χ4n) is 2.38. The van der Waals surface area contributed by atoms with Crippen molar-refractivity contribution < 1.29 is 9.32 Å². The third-order valence-electron chi connectivity index (χ3n) is 3.47. The molecule has 0 saturated carbocycles. The van der Waals surface area contributed by atoms with Crippen LogP contribution in [0.4, 0.5) is 5.82 Å². The largest absolute Gasteiger partial charge is 0.360 e. The van der Waals surface area contributed by atoms with Crippen molar-refractivity contribution in [2.45, 2.75) is 26.2 Å². The number of nitrogens with zero attached hydrogens (tertiary/aromatic N) is 2. The molecule has 2 aromatic heterocycles. The van der Waals surface area contributed by atoms with Crippen LogP contribution in [0.5, 0.6) is 0 Å². The molecule has 1 N–H and O–H groups in total. The van der Waals surface area contributed by atoms with Crippen LogP contribution in [0.2, 0.25) is 0 Å². The minimum Gasteiger partial charge on any atom is -0.360 e. The van der Waals surface area contributed by atoms with E-state index in [0.29, 0.717) is 17.4 Å². The fraction of sp³-hybridized carbons (Fsp3) is 0.357. The zero-order valence-corrected chi connectivity index (χ0v) is 12.6. The van der Waals surface area contributed by atoms with Crippen molar-refractivity contribution in [2.75, 3.05) is 5.32 Å². The van der Waals surface area contributed by atoms with Gasteiger partial charge in [0.15, 0.2) is 5.69 Å². The highest BCUT2D eigenvalue weighted by Crippen LogP contribution is 2.28. The lowest BCUT2D eigenvalue weighted by Gasteiger charge is -2.16. The molecule has 0 aliphatic heterocycles. The van der Waals surface area contributed by atoms with E-state index in [0.717, 1.165) is 35.1 Å². The third-order valence-corrected chi connectivity index (χ3v) is 3.94. The molecule has 6 heteroatoms. The summed E-state index contributed by atoms with van der Waals surface area (Å²) in [5.41, 5.74) is 1.33. The zero-order chi connectivity index (χ0) is 14.1. The van der Waals surface area contributed by atoms with Gasteiger partial charge in [0.1, 0.15) is 11.6 Å². The van der Waals surface area contributed by atoms with Gasteiger partial charge in [-0.05, 0) is 46.8 Å². The monoisotopic (exact) mass is 335 g/mol. The first-order valence-corrected chi connectivity index (χ1v) is 7.33. The molecule has 104 valence electrons. The third kappa shape index (κ3) is 2.60. The number of carbonyl (C=O) groups excluding carboxylic acids is 1. The lowest BCUT2D eigenvalue weighted by Crippen LogP contribution is -2.18. The predicted octanol–water partition coefficient (Wildman–Crippen LogP) is 3.21. The Hall–Kier alpha value is -1.69. The van der Waals surface area contributed by atoms with E-state index in [1.165, 1.54) is 0 Å². The smallest absolute Gasteiger partial charge is 0.279 e. The molecule has 20 heavy (non-hydrogen) atoms. The maximum atomic E-state index is 12.3. The van der Waals surface area contributed by atoms with E-state index < -0.39 is 0 Å². The molecule has 1 aliphatic rings. The number of aryl methyl sites for hydroxylation is 1. The highest BCUT2D eigenvalue weighted by atomic mass is 79.9. The molecule has 1 amide bonds. The van der Waals surface area contributed by atoms with Crippen molar-refractivity contribution in [3.8, 4) is 0 Å². The Balaban J connectivity index is 1.81. The Morgan fingerprint density at radius 2 is 2.35 bits per heavy atom. The summed E-state index contributed by atoms with van der Waals surface area (Å²) < 4.78 is 6.14. The number of hydrogen-bond acceptors (Lipinski definition) is 4. The van der Waals surface area contributed by atoms with E-state index >= 15 is 0 Å². The first kappa shape index (κ1) is 13.3. The second kappa shape index (κ2) is 5.36. The van der Waals surface area contributed by atoms with E-state index in [-0.39, 0.29) is 5.91 Å². The van der Waals surface area contributed by atoms with Gasteiger partial charge in [-0.25, -0.2) is 4.98 Å². The highest BCUT2D eigenvalue weighted by Gasteiger charge is 2.27. The van der Waals surface area contributed by atoms with Gasteiger partial charge in [0.25, 0.3) is 5.91 Å². The average molecular weight is 336 g/mol. The quantitative estimate of drug-likeness (QED) is 0.914. The molecular formula is C14H14BrN3O2. The van der Waals surface area contributed by atoms with Gasteiger partial charge in [0.05, 0.1) is 0 Å². The lowest BCUT2D eigenvalue weighted by atomic mass is 9.88. The standard InChI is InChI=1S/C14H14BrN3O2/c1-8-2-4-11-10(6-8)13(18-20-11)14(19)17-12-5-3-9(15)7-16-12/h3,5,7-8H,2,4,6H2,1H3,(H,16,17,19). The molecule has 2 aromatic rings. The molecule has 5 nitrogen and oxygen atoms in total. The summed E-state index contributed by atoms with van der Waals surface area (Å²) in [6.07, 6.45) is 4.41. The molecule has 3 rings (SSSR count). The Morgan fingerprint density at radius 3 is 3.10 bits per heavy atom. The fourth-order valence-corrected chi connectivity index (χ4v) is 2.62. The average Bonchev–Trinajstić information content (AvgIpc) is 2.84. The molecule has 1 aliphatic carbocycles. The summed E-state index contributed by atoms with van der Waals surface area (Å²) in [7, 11) is 0. The molecule has 0 spiro atoms. The van der Waals surface area contributed by atoms with Crippen molar-refractivity contribution >= 4 is 27.7 Å². The molecule has 0 aromatic carbocycles. The van der Waals surface area contributed by atoms with Crippen LogP contribution in [0.1, 0.15) is 35.2 Å². The number of aromatic nitrogens is 2. The van der Waals surface area contributed by atoms with Gasteiger partial charge in [-0.1, -0.05) is 12.1 Å². The van der Waals surface area contributed by atoms with Gasteiger partial charge < -0.3 is 9.84 Å². The van der Waals surface area contributed by atoms with E-state index in [1.54, 1.807) is 12.3 Å². The van der Waals surface area contributed by atoms with Gasteiger partial charge in [0, 0.05) is 22.7 Å².